The predicted molar refractivity (Wildman–Crippen MR) is 111 cm³/mol. The molecule has 1 aromatic carbocycles. The summed E-state index contributed by atoms with van der Waals surface area (Å²) in [6, 6.07) is 12.0. The third kappa shape index (κ3) is 4.16. The fraction of sp³-hybridized carbons (Fsp3) is 0.476. The van der Waals surface area contributed by atoms with Gasteiger partial charge in [-0.1, -0.05) is 12.1 Å². The Morgan fingerprint density at radius 2 is 1.48 bits per heavy atom. The number of nitrogens with zero attached hydrogens (tertiary/aromatic N) is 7. The minimum Gasteiger partial charge on any atom is -0.372 e. The summed E-state index contributed by atoms with van der Waals surface area (Å²) in [5.41, 5.74) is 2.65. The van der Waals surface area contributed by atoms with E-state index in [1.807, 2.05) is 4.90 Å². The first-order valence-electron chi connectivity index (χ1n) is 10.6. The predicted octanol–water partition coefficient (Wildman–Crippen LogP) is 3.07. The summed E-state index contributed by atoms with van der Waals surface area (Å²) in [5.74, 6) is -0.590. The maximum atomic E-state index is 13.1. The van der Waals surface area contributed by atoms with Gasteiger partial charge in [-0.05, 0) is 42.7 Å². The van der Waals surface area contributed by atoms with Crippen molar-refractivity contribution in [2.24, 2.45) is 0 Å². The van der Waals surface area contributed by atoms with E-state index in [0.29, 0.717) is 18.9 Å². The van der Waals surface area contributed by atoms with Crippen LogP contribution in [0.15, 0.2) is 36.4 Å². The van der Waals surface area contributed by atoms with Gasteiger partial charge in [-0.2, -0.15) is 17.7 Å². The summed E-state index contributed by atoms with van der Waals surface area (Å²) in [6.07, 6.45) is -2.06. The minimum atomic E-state index is -4.59. The molecule has 0 N–H and O–H groups in total. The van der Waals surface area contributed by atoms with E-state index in [1.54, 1.807) is 6.07 Å². The molecule has 2 aliphatic rings. The van der Waals surface area contributed by atoms with Crippen molar-refractivity contribution in [2.75, 3.05) is 49.1 Å². The van der Waals surface area contributed by atoms with Crippen LogP contribution in [0.3, 0.4) is 0 Å². The van der Waals surface area contributed by atoms with Crippen molar-refractivity contribution >= 4 is 17.2 Å². The molecule has 4 heterocycles. The van der Waals surface area contributed by atoms with Crippen LogP contribution in [0.5, 0.6) is 0 Å². The third-order valence-corrected chi connectivity index (χ3v) is 6.01. The van der Waals surface area contributed by atoms with Crippen LogP contribution in [0.2, 0.25) is 0 Å². The Labute approximate surface area is 178 Å². The van der Waals surface area contributed by atoms with Crippen LogP contribution >= 0.6 is 0 Å². The van der Waals surface area contributed by atoms with Crippen molar-refractivity contribution in [1.29, 1.82) is 0 Å². The van der Waals surface area contributed by atoms with Crippen LogP contribution in [0, 0.1) is 0 Å². The highest BCUT2D eigenvalue weighted by Gasteiger charge is 2.37. The third-order valence-electron chi connectivity index (χ3n) is 6.01. The zero-order valence-corrected chi connectivity index (χ0v) is 17.1. The number of hydrogen-bond acceptors (Lipinski definition) is 6. The molecule has 0 atom stereocenters. The summed E-state index contributed by atoms with van der Waals surface area (Å²) < 4.78 is 40.1. The summed E-state index contributed by atoms with van der Waals surface area (Å²) in [7, 11) is 0. The Bertz CT molecular complexity index is 1030. The van der Waals surface area contributed by atoms with Gasteiger partial charge in [0.2, 0.25) is 0 Å². The van der Waals surface area contributed by atoms with Gasteiger partial charge in [0, 0.05) is 51.5 Å². The number of alkyl halides is 3. The van der Waals surface area contributed by atoms with E-state index >= 15 is 0 Å². The minimum absolute atomic E-state index is 0.0899. The summed E-state index contributed by atoms with van der Waals surface area (Å²) in [5, 5.41) is 11.0. The van der Waals surface area contributed by atoms with Crippen molar-refractivity contribution in [2.45, 2.75) is 25.6 Å². The molecule has 31 heavy (non-hydrogen) atoms. The summed E-state index contributed by atoms with van der Waals surface area (Å²) in [6.45, 7) is 6.19. The van der Waals surface area contributed by atoms with Gasteiger partial charge in [0.25, 0.3) is 5.82 Å². The van der Waals surface area contributed by atoms with Crippen LogP contribution in [0.25, 0.3) is 5.65 Å². The molecule has 0 unspecified atom stereocenters. The normalized spacial score (nSPS) is 18.3. The van der Waals surface area contributed by atoms with Crippen LogP contribution in [-0.2, 0) is 12.7 Å². The number of fused-ring (bicyclic) bond motifs is 1. The second kappa shape index (κ2) is 7.99. The first-order valence-corrected chi connectivity index (χ1v) is 10.6. The van der Waals surface area contributed by atoms with Gasteiger partial charge in [-0.15, -0.1) is 15.3 Å². The maximum absolute atomic E-state index is 13.1. The first-order chi connectivity index (χ1) is 15.0. The molecule has 2 saturated heterocycles. The quantitative estimate of drug-likeness (QED) is 0.633. The van der Waals surface area contributed by atoms with Crippen LogP contribution < -0.4 is 9.80 Å². The van der Waals surface area contributed by atoms with Crippen molar-refractivity contribution in [3.63, 3.8) is 0 Å². The first kappa shape index (κ1) is 20.0. The zero-order chi connectivity index (χ0) is 21.4. The lowest BCUT2D eigenvalue weighted by molar-refractivity contribution is -0.146. The van der Waals surface area contributed by atoms with E-state index in [0.717, 1.165) is 37.2 Å². The number of benzene rings is 1. The molecule has 2 aliphatic heterocycles. The fourth-order valence-corrected chi connectivity index (χ4v) is 4.31. The second-order valence-corrected chi connectivity index (χ2v) is 8.11. The number of halogens is 3. The Morgan fingerprint density at radius 1 is 0.774 bits per heavy atom. The average molecular weight is 431 g/mol. The molecular weight excluding hydrogens is 407 g/mol. The van der Waals surface area contributed by atoms with Crippen molar-refractivity contribution in [1.82, 2.24) is 24.7 Å². The van der Waals surface area contributed by atoms with Gasteiger partial charge in [0.15, 0.2) is 5.65 Å². The molecule has 2 fully saturated rings. The molecule has 164 valence electrons. The van der Waals surface area contributed by atoms with Crippen LogP contribution in [0.1, 0.15) is 24.2 Å². The van der Waals surface area contributed by atoms with E-state index in [9.17, 15) is 13.2 Å². The molecule has 0 aliphatic carbocycles. The highest BCUT2D eigenvalue weighted by molar-refractivity contribution is 5.48. The van der Waals surface area contributed by atoms with Gasteiger partial charge < -0.3 is 9.80 Å². The summed E-state index contributed by atoms with van der Waals surface area (Å²) >= 11 is 0. The lowest BCUT2D eigenvalue weighted by atomic mass is 10.1. The molecular formula is C21H24F3N7. The Hall–Kier alpha value is -2.88. The topological polar surface area (TPSA) is 52.8 Å². The van der Waals surface area contributed by atoms with Crippen LogP contribution in [0.4, 0.5) is 24.7 Å². The molecule has 0 saturated carbocycles. The molecule has 0 radical (unpaired) electrons. The molecule has 3 aromatic rings. The van der Waals surface area contributed by atoms with E-state index in [2.05, 4.69) is 49.4 Å². The lowest BCUT2D eigenvalue weighted by Gasteiger charge is -2.35. The molecule has 7 nitrogen and oxygen atoms in total. The van der Waals surface area contributed by atoms with E-state index in [4.69, 9.17) is 0 Å². The Morgan fingerprint density at radius 3 is 2.16 bits per heavy atom. The smallest absolute Gasteiger partial charge is 0.372 e. The van der Waals surface area contributed by atoms with Gasteiger partial charge in [-0.25, -0.2) is 0 Å². The molecule has 0 spiro atoms. The molecule has 2 aromatic heterocycles. The number of rotatable bonds is 4. The molecule has 5 rings (SSSR count). The van der Waals surface area contributed by atoms with Crippen molar-refractivity contribution < 1.29 is 13.2 Å². The molecule has 0 amide bonds. The Kier molecular flexibility index (Phi) is 5.17. The van der Waals surface area contributed by atoms with E-state index < -0.39 is 12.0 Å². The Balaban J connectivity index is 1.21. The van der Waals surface area contributed by atoms with E-state index in [1.165, 1.54) is 30.2 Å². The van der Waals surface area contributed by atoms with Gasteiger partial charge in [-0.3, -0.25) is 4.90 Å². The highest BCUT2D eigenvalue weighted by atomic mass is 19.4. The highest BCUT2D eigenvalue weighted by Crippen LogP contribution is 2.28. The van der Waals surface area contributed by atoms with Gasteiger partial charge >= 0.3 is 6.18 Å². The fourth-order valence-electron chi connectivity index (χ4n) is 4.31. The number of piperazine rings is 1. The SMILES string of the molecule is FC(F)(F)c1nnc2ccc(N3CCN(Cc4ccc(N5CCCC5)cc4)CC3)nn12. The molecule has 10 heteroatoms. The largest absolute Gasteiger partial charge is 0.453 e. The maximum Gasteiger partial charge on any atom is 0.453 e. The van der Waals surface area contributed by atoms with Gasteiger partial charge in [0.1, 0.15) is 5.82 Å². The van der Waals surface area contributed by atoms with Crippen molar-refractivity contribution in [3.8, 4) is 0 Å². The summed E-state index contributed by atoms with van der Waals surface area (Å²) in [4.78, 5) is 6.79. The molecule has 0 bridgehead atoms. The standard InChI is InChI=1S/C21H24F3N7/c22-21(23,24)20-26-25-18-7-8-19(27-31(18)20)30-13-11-28(12-14-30)15-16-3-5-17(6-4-16)29-9-1-2-10-29/h3-8H,1-2,9-15H2. The monoisotopic (exact) mass is 431 g/mol. The zero-order valence-electron chi connectivity index (χ0n) is 17.1. The number of aromatic nitrogens is 4. The van der Waals surface area contributed by atoms with E-state index in [-0.39, 0.29) is 5.65 Å². The van der Waals surface area contributed by atoms with Gasteiger partial charge in [0.05, 0.1) is 0 Å². The van der Waals surface area contributed by atoms with Crippen LogP contribution in [-0.4, -0.2) is 64.0 Å². The van der Waals surface area contributed by atoms with Crippen molar-refractivity contribution in [3.05, 3.63) is 47.8 Å². The second-order valence-electron chi connectivity index (χ2n) is 8.11. The number of anilines is 2. The number of hydrogen-bond donors (Lipinski definition) is 0. The lowest BCUT2D eigenvalue weighted by Crippen LogP contribution is -2.46. The average Bonchev–Trinajstić information content (AvgIpc) is 3.44.